The summed E-state index contributed by atoms with van der Waals surface area (Å²) in [7, 11) is -1.52. The highest BCUT2D eigenvalue weighted by Gasteiger charge is 2.56. The van der Waals surface area contributed by atoms with Gasteiger partial charge in [0.05, 0.1) is 12.8 Å². The zero-order valence-electron chi connectivity index (χ0n) is 20.2. The largest absolute Gasteiger partial charge is 0.346 e. The van der Waals surface area contributed by atoms with Gasteiger partial charge < -0.3 is 28.1 Å². The number of nitrogens with one attached hydrogen (secondary N) is 1. The van der Waals surface area contributed by atoms with Gasteiger partial charge in [0.15, 0.2) is 12.0 Å². The second kappa shape index (κ2) is 10.9. The average molecular weight is 502 g/mol. The van der Waals surface area contributed by atoms with Gasteiger partial charge in [-0.15, -0.1) is 0 Å². The summed E-state index contributed by atoms with van der Waals surface area (Å²) < 4.78 is 47.1. The second-order valence-electron chi connectivity index (χ2n) is 9.09. The van der Waals surface area contributed by atoms with E-state index in [1.165, 1.54) is 0 Å². The summed E-state index contributed by atoms with van der Waals surface area (Å²) in [4.78, 5) is 29.1. The summed E-state index contributed by atoms with van der Waals surface area (Å²) in [5.74, 6) is -2.07. The molecule has 1 aromatic heterocycles. The van der Waals surface area contributed by atoms with Crippen LogP contribution in [0.1, 0.15) is 47.8 Å². The summed E-state index contributed by atoms with van der Waals surface area (Å²) in [5.41, 5.74) is -1.93. The first-order valence-electron chi connectivity index (χ1n) is 11.1. The van der Waals surface area contributed by atoms with E-state index < -0.39 is 55.9 Å². The van der Waals surface area contributed by atoms with E-state index in [-0.39, 0.29) is 31.8 Å². The van der Waals surface area contributed by atoms with Crippen LogP contribution in [0.2, 0.25) is 0 Å². The first kappa shape index (κ1) is 26.9. The van der Waals surface area contributed by atoms with E-state index in [9.17, 15) is 14.0 Å². The molecule has 190 valence electrons. The average Bonchev–Trinajstić information content (AvgIpc) is 3.21. The van der Waals surface area contributed by atoms with E-state index >= 15 is 0 Å². The lowest BCUT2D eigenvalue weighted by molar-refractivity contribution is -0.200. The first-order chi connectivity index (χ1) is 15.9. The molecular weight excluding hydrogens is 470 g/mol. The Bertz CT molecular complexity index is 1000. The Balaban J connectivity index is 1.82. The molecule has 3 heterocycles. The van der Waals surface area contributed by atoms with Crippen LogP contribution in [0.4, 0.5) is 4.39 Å². The van der Waals surface area contributed by atoms with Crippen molar-refractivity contribution >= 4 is 8.53 Å². The number of aromatic nitrogens is 2. The Morgan fingerprint density at radius 1 is 1.24 bits per heavy atom. The van der Waals surface area contributed by atoms with Crippen LogP contribution in [-0.4, -0.2) is 70.2 Å². The molecule has 34 heavy (non-hydrogen) atoms. The molecule has 2 saturated heterocycles. The zero-order valence-corrected chi connectivity index (χ0v) is 21.1. The van der Waals surface area contributed by atoms with Gasteiger partial charge in [-0.05, 0) is 41.5 Å². The summed E-state index contributed by atoms with van der Waals surface area (Å²) in [6, 6.07) is 0.244. The van der Waals surface area contributed by atoms with Gasteiger partial charge in [0.2, 0.25) is 12.4 Å². The van der Waals surface area contributed by atoms with E-state index in [4.69, 9.17) is 29.8 Å². The van der Waals surface area contributed by atoms with E-state index in [0.717, 1.165) is 10.8 Å². The van der Waals surface area contributed by atoms with Gasteiger partial charge in [0.1, 0.15) is 24.9 Å². The number of ether oxygens (including phenoxy) is 3. The number of nitrogens with zero attached hydrogens (tertiary/aromatic N) is 3. The number of rotatable bonds is 10. The fourth-order valence-corrected chi connectivity index (χ4v) is 5.72. The molecule has 0 radical (unpaired) electrons. The summed E-state index contributed by atoms with van der Waals surface area (Å²) in [6.45, 7) is 19.1. The smallest absolute Gasteiger partial charge is 0.330 e. The van der Waals surface area contributed by atoms with E-state index in [1.54, 1.807) is 13.8 Å². The molecule has 5 atom stereocenters. The minimum Gasteiger partial charge on any atom is -0.346 e. The van der Waals surface area contributed by atoms with E-state index in [1.807, 2.05) is 32.7 Å². The standard InChI is InChI=1S/C21H32FN4O7P/c1-12(2)26(13(3)4)34(29-9-8-23-7)30-11-15-16-17(33-21(5,6)32-16)19(31-15)25-10-14(22)18(27)24-20(25)28/h10,12-13,15-17,19H,8-9,11H2,1-6H3,(H,24,27,28)/t15-,16+,17?,19-,34?/m1/s1. The van der Waals surface area contributed by atoms with Crippen LogP contribution in [0.15, 0.2) is 15.8 Å². The van der Waals surface area contributed by atoms with Crippen molar-refractivity contribution in [2.45, 2.75) is 84.0 Å². The maximum absolute atomic E-state index is 14.0. The predicted molar refractivity (Wildman–Crippen MR) is 121 cm³/mol. The molecule has 11 nitrogen and oxygen atoms in total. The topological polar surface area (TPSA) is 109 Å². The van der Waals surface area contributed by atoms with Crippen molar-refractivity contribution in [3.05, 3.63) is 44.3 Å². The summed E-state index contributed by atoms with van der Waals surface area (Å²) in [6.07, 6.45) is -2.21. The lowest BCUT2D eigenvalue weighted by atomic mass is 10.1. The highest BCUT2D eigenvalue weighted by molar-refractivity contribution is 7.44. The van der Waals surface area contributed by atoms with Crippen molar-refractivity contribution in [2.75, 3.05) is 19.8 Å². The molecule has 13 heteroatoms. The third-order valence-electron chi connectivity index (χ3n) is 5.32. The number of hydrogen-bond acceptors (Lipinski definition) is 8. The fourth-order valence-electron chi connectivity index (χ4n) is 4.11. The SMILES string of the molecule is [C-]#[N+]CCOP(OC[C@H]1O[C@@H](n2cc(F)c(=O)[nH]c2=O)C2OC(C)(C)O[C@H]21)N(C(C)C)C(C)C. The minimum atomic E-state index is -1.52. The van der Waals surface area contributed by atoms with Crippen LogP contribution in [0, 0.1) is 12.4 Å². The summed E-state index contributed by atoms with van der Waals surface area (Å²) >= 11 is 0. The molecular formula is C21H32FN4O7P. The van der Waals surface area contributed by atoms with Crippen molar-refractivity contribution in [1.29, 1.82) is 0 Å². The van der Waals surface area contributed by atoms with Gasteiger partial charge in [-0.1, -0.05) is 0 Å². The van der Waals surface area contributed by atoms with Crippen LogP contribution in [0.25, 0.3) is 4.85 Å². The molecule has 0 bridgehead atoms. The van der Waals surface area contributed by atoms with Crippen LogP contribution < -0.4 is 11.2 Å². The van der Waals surface area contributed by atoms with Gasteiger partial charge in [-0.3, -0.25) is 14.3 Å². The van der Waals surface area contributed by atoms with E-state index in [0.29, 0.717) is 0 Å². The second-order valence-corrected chi connectivity index (χ2v) is 10.5. The maximum atomic E-state index is 14.0. The number of aromatic amines is 1. The fraction of sp³-hybridized carbons (Fsp3) is 0.762. The Morgan fingerprint density at radius 2 is 1.88 bits per heavy atom. The molecule has 3 rings (SSSR count). The van der Waals surface area contributed by atoms with Crippen molar-refractivity contribution in [3.8, 4) is 0 Å². The van der Waals surface area contributed by atoms with Gasteiger partial charge in [-0.25, -0.2) is 16.0 Å². The van der Waals surface area contributed by atoms with E-state index in [2.05, 4.69) is 9.52 Å². The minimum absolute atomic E-state index is 0.0529. The van der Waals surface area contributed by atoms with Crippen LogP contribution in [-0.2, 0) is 23.3 Å². The molecule has 2 fully saturated rings. The lowest BCUT2D eigenvalue weighted by Gasteiger charge is -2.36. The molecule has 0 aliphatic carbocycles. The maximum Gasteiger partial charge on any atom is 0.330 e. The molecule has 0 saturated carbocycles. The highest BCUT2D eigenvalue weighted by Crippen LogP contribution is 2.48. The van der Waals surface area contributed by atoms with Crippen molar-refractivity contribution in [1.82, 2.24) is 14.2 Å². The van der Waals surface area contributed by atoms with Gasteiger partial charge in [-0.2, -0.15) is 4.39 Å². The zero-order chi connectivity index (χ0) is 25.2. The number of hydrogen-bond donors (Lipinski definition) is 1. The van der Waals surface area contributed by atoms with Crippen molar-refractivity contribution < 1.29 is 27.6 Å². The Hall–Kier alpha value is -1.71. The van der Waals surface area contributed by atoms with Gasteiger partial charge in [0, 0.05) is 12.1 Å². The van der Waals surface area contributed by atoms with Crippen molar-refractivity contribution in [2.24, 2.45) is 0 Å². The third-order valence-corrected chi connectivity index (χ3v) is 7.40. The quantitative estimate of drug-likeness (QED) is 0.295. The molecule has 0 aromatic carbocycles. The Kier molecular flexibility index (Phi) is 8.63. The molecule has 0 amide bonds. The van der Waals surface area contributed by atoms with Crippen LogP contribution in [0.3, 0.4) is 0 Å². The molecule has 2 aliphatic heterocycles. The third kappa shape index (κ3) is 5.91. The molecule has 1 N–H and O–H groups in total. The predicted octanol–water partition coefficient (Wildman–Crippen LogP) is 2.39. The molecule has 2 aliphatic rings. The Morgan fingerprint density at radius 3 is 2.50 bits per heavy atom. The first-order valence-corrected chi connectivity index (χ1v) is 12.3. The van der Waals surface area contributed by atoms with Gasteiger partial charge >= 0.3 is 5.69 Å². The molecule has 1 aromatic rings. The Labute approximate surface area is 198 Å². The van der Waals surface area contributed by atoms with Crippen LogP contribution in [0.5, 0.6) is 0 Å². The van der Waals surface area contributed by atoms with Gasteiger partial charge in [0.25, 0.3) is 14.1 Å². The number of fused-ring (bicyclic) bond motifs is 1. The molecule has 2 unspecified atom stereocenters. The molecule has 0 spiro atoms. The monoisotopic (exact) mass is 502 g/mol. The number of H-pyrrole nitrogens is 1. The van der Waals surface area contributed by atoms with Crippen molar-refractivity contribution in [3.63, 3.8) is 0 Å². The highest BCUT2D eigenvalue weighted by atomic mass is 31.2. The van der Waals surface area contributed by atoms with Crippen LogP contribution >= 0.6 is 8.53 Å². The number of halogens is 1. The normalized spacial score (nSPS) is 26.9. The summed E-state index contributed by atoms with van der Waals surface area (Å²) in [5, 5.41) is 0. The lowest BCUT2D eigenvalue weighted by Crippen LogP contribution is -2.38.